The molecule has 0 aromatic heterocycles. The van der Waals surface area contributed by atoms with Crippen molar-refractivity contribution in [3.05, 3.63) is 48.6 Å². The van der Waals surface area contributed by atoms with E-state index in [9.17, 15) is 4.79 Å². The van der Waals surface area contributed by atoms with Crippen molar-refractivity contribution in [3.63, 3.8) is 0 Å². The number of unbranched alkanes of at least 4 members (excludes halogenated alkanes) is 4. The summed E-state index contributed by atoms with van der Waals surface area (Å²) in [5.74, 6) is -0.359. The van der Waals surface area contributed by atoms with Crippen LogP contribution in [0.15, 0.2) is 48.6 Å². The SMILES string of the molecule is CCCCCC=CCC=CCC=CCC=CCCCC(=O)OCl. The highest BCUT2D eigenvalue weighted by Crippen LogP contribution is 2.02. The van der Waals surface area contributed by atoms with Crippen LogP contribution in [0.25, 0.3) is 0 Å². The zero-order chi connectivity index (χ0) is 17.0. The van der Waals surface area contributed by atoms with E-state index in [1.165, 1.54) is 25.7 Å². The van der Waals surface area contributed by atoms with Gasteiger partial charge in [0.2, 0.25) is 0 Å². The summed E-state index contributed by atoms with van der Waals surface area (Å²) in [6, 6.07) is 0. The van der Waals surface area contributed by atoms with Crippen LogP contribution in [-0.4, -0.2) is 5.97 Å². The van der Waals surface area contributed by atoms with Gasteiger partial charge in [-0.3, -0.25) is 4.79 Å². The molecule has 0 fully saturated rings. The highest BCUT2D eigenvalue weighted by atomic mass is 35.5. The highest BCUT2D eigenvalue weighted by molar-refractivity contribution is 6.13. The molecule has 0 atom stereocenters. The third-order valence-corrected chi connectivity index (χ3v) is 3.47. The molecule has 0 N–H and O–H groups in total. The second kappa shape index (κ2) is 18.8. The first kappa shape index (κ1) is 21.7. The van der Waals surface area contributed by atoms with E-state index in [2.05, 4.69) is 59.8 Å². The maximum Gasteiger partial charge on any atom is 0.324 e. The lowest BCUT2D eigenvalue weighted by Gasteiger charge is -1.92. The minimum atomic E-state index is -0.359. The number of halogens is 1. The van der Waals surface area contributed by atoms with Crippen LogP contribution in [0.4, 0.5) is 0 Å². The number of hydrogen-bond donors (Lipinski definition) is 0. The monoisotopic (exact) mass is 338 g/mol. The van der Waals surface area contributed by atoms with Crippen LogP contribution in [0.1, 0.15) is 71.1 Å². The van der Waals surface area contributed by atoms with Crippen molar-refractivity contribution in [2.45, 2.75) is 71.1 Å². The first-order valence-corrected chi connectivity index (χ1v) is 9.03. The van der Waals surface area contributed by atoms with Crippen LogP contribution in [-0.2, 0) is 9.08 Å². The fourth-order valence-corrected chi connectivity index (χ4v) is 2.04. The molecule has 0 aromatic rings. The van der Waals surface area contributed by atoms with Crippen LogP contribution in [0, 0.1) is 0 Å². The molecule has 3 heteroatoms. The van der Waals surface area contributed by atoms with Gasteiger partial charge in [0.15, 0.2) is 0 Å². The summed E-state index contributed by atoms with van der Waals surface area (Å²) >= 11 is 4.94. The molecule has 0 aliphatic carbocycles. The average molecular weight is 339 g/mol. The lowest BCUT2D eigenvalue weighted by atomic mass is 10.2. The van der Waals surface area contributed by atoms with Crippen molar-refractivity contribution in [1.29, 1.82) is 0 Å². The van der Waals surface area contributed by atoms with Crippen LogP contribution >= 0.6 is 11.9 Å². The number of carbonyl (C=O) groups excluding carboxylic acids is 1. The van der Waals surface area contributed by atoms with Gasteiger partial charge in [-0.25, -0.2) is 0 Å². The molecule has 0 aliphatic heterocycles. The molecule has 0 aliphatic rings. The van der Waals surface area contributed by atoms with Gasteiger partial charge in [-0.15, -0.1) is 0 Å². The molecule has 0 saturated carbocycles. The molecule has 0 unspecified atom stereocenters. The molecule has 0 saturated heterocycles. The minimum absolute atomic E-state index is 0.359. The van der Waals surface area contributed by atoms with Crippen molar-refractivity contribution in [1.82, 2.24) is 0 Å². The maximum absolute atomic E-state index is 10.8. The number of allylic oxidation sites excluding steroid dienone is 8. The van der Waals surface area contributed by atoms with Gasteiger partial charge in [-0.2, -0.15) is 0 Å². The van der Waals surface area contributed by atoms with Crippen molar-refractivity contribution in [2.24, 2.45) is 0 Å². The summed E-state index contributed by atoms with van der Waals surface area (Å²) in [5.41, 5.74) is 0. The summed E-state index contributed by atoms with van der Waals surface area (Å²) in [7, 11) is 0. The Morgan fingerprint density at radius 3 is 1.74 bits per heavy atom. The van der Waals surface area contributed by atoms with E-state index in [1.807, 2.05) is 0 Å². The third-order valence-electron chi connectivity index (χ3n) is 3.30. The van der Waals surface area contributed by atoms with Gasteiger partial charge < -0.3 is 4.29 Å². The maximum atomic E-state index is 10.8. The molecular formula is C20H31ClO2. The Kier molecular flexibility index (Phi) is 17.7. The first-order chi connectivity index (χ1) is 11.3. The molecule has 2 nitrogen and oxygen atoms in total. The predicted octanol–water partition coefficient (Wildman–Crippen LogP) is 6.83. The van der Waals surface area contributed by atoms with Crippen LogP contribution in [0.3, 0.4) is 0 Å². The van der Waals surface area contributed by atoms with E-state index < -0.39 is 0 Å². The molecule has 0 bridgehead atoms. The van der Waals surface area contributed by atoms with E-state index in [-0.39, 0.29) is 5.97 Å². The molecule has 0 radical (unpaired) electrons. The summed E-state index contributed by atoms with van der Waals surface area (Å²) in [4.78, 5) is 10.8. The number of rotatable bonds is 14. The molecule has 0 amide bonds. The smallest absolute Gasteiger partial charge is 0.324 e. The zero-order valence-corrected chi connectivity index (χ0v) is 15.1. The summed E-state index contributed by atoms with van der Waals surface area (Å²) < 4.78 is 4.07. The van der Waals surface area contributed by atoms with Crippen molar-refractivity contribution >= 4 is 17.8 Å². The lowest BCUT2D eigenvalue weighted by molar-refractivity contribution is -0.134. The third kappa shape index (κ3) is 18.7. The quantitative estimate of drug-likeness (QED) is 0.256. The molecule has 130 valence electrons. The van der Waals surface area contributed by atoms with Crippen LogP contribution in [0.5, 0.6) is 0 Å². The molecule has 0 heterocycles. The van der Waals surface area contributed by atoms with Gasteiger partial charge in [-0.05, 0) is 44.9 Å². The van der Waals surface area contributed by atoms with Gasteiger partial charge in [-0.1, -0.05) is 68.4 Å². The summed E-state index contributed by atoms with van der Waals surface area (Å²) in [6.45, 7) is 2.23. The lowest BCUT2D eigenvalue weighted by Crippen LogP contribution is -1.94. The van der Waals surface area contributed by atoms with E-state index >= 15 is 0 Å². The molecule has 0 spiro atoms. The van der Waals surface area contributed by atoms with Gasteiger partial charge >= 0.3 is 5.97 Å². The molecule has 0 aromatic carbocycles. The number of hydrogen-bond acceptors (Lipinski definition) is 2. The summed E-state index contributed by atoms with van der Waals surface area (Å²) in [6.07, 6.45) is 27.6. The van der Waals surface area contributed by atoms with Crippen LogP contribution in [0.2, 0.25) is 0 Å². The van der Waals surface area contributed by atoms with E-state index in [0.29, 0.717) is 6.42 Å². The van der Waals surface area contributed by atoms with E-state index in [4.69, 9.17) is 11.9 Å². The van der Waals surface area contributed by atoms with E-state index in [0.717, 1.165) is 32.1 Å². The molecule has 0 rings (SSSR count). The second-order valence-electron chi connectivity index (χ2n) is 5.43. The van der Waals surface area contributed by atoms with E-state index in [1.54, 1.807) is 0 Å². The topological polar surface area (TPSA) is 26.3 Å². The Morgan fingerprint density at radius 1 is 0.783 bits per heavy atom. The highest BCUT2D eigenvalue weighted by Gasteiger charge is 1.98. The van der Waals surface area contributed by atoms with Crippen molar-refractivity contribution in [2.75, 3.05) is 0 Å². The van der Waals surface area contributed by atoms with Crippen molar-refractivity contribution in [3.8, 4) is 0 Å². The zero-order valence-electron chi connectivity index (χ0n) is 14.4. The standard InChI is InChI=1S/C20H31ClO2/c1-2-3-4-5-6-7-8-9-10-11-12-13-14-15-16-17-18-19-20(22)23-21/h6-7,9-10,12-13,15-16H,2-5,8,11,14,17-19H2,1H3. The second-order valence-corrected chi connectivity index (χ2v) is 5.58. The normalized spacial score (nSPS) is 12.3. The minimum Gasteiger partial charge on any atom is -0.348 e. The fraction of sp³-hybridized carbons (Fsp3) is 0.550. The number of carbonyl (C=O) groups is 1. The first-order valence-electron chi connectivity index (χ1n) is 8.72. The summed E-state index contributed by atoms with van der Waals surface area (Å²) in [5, 5.41) is 0. The van der Waals surface area contributed by atoms with Gasteiger partial charge in [0.1, 0.15) is 11.9 Å². The molecular weight excluding hydrogens is 308 g/mol. The van der Waals surface area contributed by atoms with Gasteiger partial charge in [0.25, 0.3) is 0 Å². The Balaban J connectivity index is 3.42. The average Bonchev–Trinajstić information content (AvgIpc) is 2.57. The fourth-order valence-electron chi connectivity index (χ4n) is 1.96. The Labute approximate surface area is 147 Å². The molecule has 23 heavy (non-hydrogen) atoms. The largest absolute Gasteiger partial charge is 0.348 e. The predicted molar refractivity (Wildman–Crippen MR) is 100 cm³/mol. The van der Waals surface area contributed by atoms with Crippen molar-refractivity contribution < 1.29 is 9.08 Å². The Hall–Kier alpha value is -1.28. The van der Waals surface area contributed by atoms with Gasteiger partial charge in [0.05, 0.1) is 0 Å². The van der Waals surface area contributed by atoms with Gasteiger partial charge in [0, 0.05) is 6.42 Å². The Morgan fingerprint density at radius 2 is 1.26 bits per heavy atom. The Bertz CT molecular complexity index is 381. The van der Waals surface area contributed by atoms with Crippen LogP contribution < -0.4 is 0 Å².